The highest BCUT2D eigenvalue weighted by atomic mass is 32.2. The first-order valence-electron chi connectivity index (χ1n) is 9.49. The number of ketones is 1. The van der Waals surface area contributed by atoms with Crippen molar-refractivity contribution >= 4 is 21.9 Å². The lowest BCUT2D eigenvalue weighted by atomic mass is 10.2. The summed E-state index contributed by atoms with van der Waals surface area (Å²) in [7, 11) is -3.80. The molecule has 0 spiro atoms. The maximum atomic E-state index is 13.5. The first-order valence-corrected chi connectivity index (χ1v) is 10.9. The van der Waals surface area contributed by atoms with Crippen LogP contribution in [-0.4, -0.2) is 30.2 Å². The standard InChI is InChI=1S/C24H23NO4S/c26-19-23(27)15-14-20-12-7-13-24(16-20)30(28,29)25(17-21-8-3-1-4-9-21)18-22-10-5-2-6-11-22/h1-16,26H,17-19H2/b15-14+. The van der Waals surface area contributed by atoms with Crippen LogP contribution in [0.5, 0.6) is 0 Å². The third-order valence-electron chi connectivity index (χ3n) is 4.52. The number of aliphatic hydroxyl groups is 1. The molecular weight excluding hydrogens is 398 g/mol. The van der Waals surface area contributed by atoms with Gasteiger partial charge in [0.05, 0.1) is 4.90 Å². The summed E-state index contributed by atoms with van der Waals surface area (Å²) in [4.78, 5) is 11.5. The van der Waals surface area contributed by atoms with Gasteiger partial charge in [0, 0.05) is 13.1 Å². The lowest BCUT2D eigenvalue weighted by Gasteiger charge is -2.23. The van der Waals surface area contributed by atoms with Gasteiger partial charge in [-0.1, -0.05) is 78.9 Å². The molecule has 0 bridgehead atoms. The molecule has 154 valence electrons. The fraction of sp³-hybridized carbons (Fsp3) is 0.125. The molecular formula is C24H23NO4S. The molecule has 0 aliphatic carbocycles. The van der Waals surface area contributed by atoms with E-state index in [0.29, 0.717) is 5.56 Å². The summed E-state index contributed by atoms with van der Waals surface area (Å²) in [5, 5.41) is 8.85. The normalized spacial score (nSPS) is 11.8. The Balaban J connectivity index is 1.94. The molecule has 0 atom stereocenters. The molecule has 6 heteroatoms. The highest BCUT2D eigenvalue weighted by Crippen LogP contribution is 2.22. The average molecular weight is 422 g/mol. The number of carbonyl (C=O) groups is 1. The fourth-order valence-corrected chi connectivity index (χ4v) is 4.44. The highest BCUT2D eigenvalue weighted by Gasteiger charge is 2.25. The van der Waals surface area contributed by atoms with E-state index in [4.69, 9.17) is 5.11 Å². The Hall–Kier alpha value is -3.06. The zero-order valence-corrected chi connectivity index (χ0v) is 17.2. The first kappa shape index (κ1) is 21.6. The number of aliphatic hydroxyl groups excluding tert-OH is 1. The molecule has 0 fully saturated rings. The average Bonchev–Trinajstić information content (AvgIpc) is 2.78. The molecule has 0 aliphatic heterocycles. The number of hydrogen-bond donors (Lipinski definition) is 1. The Labute approximate surface area is 177 Å². The molecule has 5 nitrogen and oxygen atoms in total. The number of carbonyl (C=O) groups excluding carboxylic acids is 1. The zero-order valence-electron chi connectivity index (χ0n) is 16.4. The van der Waals surface area contributed by atoms with Crippen LogP contribution in [0, 0.1) is 0 Å². The van der Waals surface area contributed by atoms with Gasteiger partial charge in [0.1, 0.15) is 6.61 Å². The minimum absolute atomic E-state index is 0.146. The molecule has 0 saturated carbocycles. The van der Waals surface area contributed by atoms with E-state index in [1.54, 1.807) is 18.2 Å². The van der Waals surface area contributed by atoms with Crippen molar-refractivity contribution in [2.24, 2.45) is 0 Å². The van der Waals surface area contributed by atoms with Crippen LogP contribution in [0.1, 0.15) is 16.7 Å². The smallest absolute Gasteiger partial charge is 0.243 e. The monoisotopic (exact) mass is 421 g/mol. The van der Waals surface area contributed by atoms with E-state index in [1.807, 2.05) is 60.7 Å². The van der Waals surface area contributed by atoms with Crippen LogP contribution in [-0.2, 0) is 27.9 Å². The molecule has 0 saturated heterocycles. The van der Waals surface area contributed by atoms with E-state index in [0.717, 1.165) is 11.1 Å². The number of rotatable bonds is 9. The van der Waals surface area contributed by atoms with Crippen molar-refractivity contribution in [2.75, 3.05) is 6.61 Å². The van der Waals surface area contributed by atoms with Gasteiger partial charge in [-0.25, -0.2) is 8.42 Å². The highest BCUT2D eigenvalue weighted by molar-refractivity contribution is 7.89. The summed E-state index contributed by atoms with van der Waals surface area (Å²) in [5.74, 6) is -0.446. The lowest BCUT2D eigenvalue weighted by molar-refractivity contribution is -0.117. The molecule has 3 aromatic carbocycles. The van der Waals surface area contributed by atoms with Crippen molar-refractivity contribution in [1.29, 1.82) is 0 Å². The Morgan fingerprint density at radius 2 is 1.40 bits per heavy atom. The Bertz CT molecular complexity index is 1070. The maximum absolute atomic E-state index is 13.5. The van der Waals surface area contributed by atoms with Crippen molar-refractivity contribution in [1.82, 2.24) is 4.31 Å². The number of hydrogen-bond acceptors (Lipinski definition) is 4. The van der Waals surface area contributed by atoms with Gasteiger partial charge in [0.15, 0.2) is 5.78 Å². The third-order valence-corrected chi connectivity index (χ3v) is 6.30. The van der Waals surface area contributed by atoms with E-state index in [2.05, 4.69) is 0 Å². The van der Waals surface area contributed by atoms with Crippen molar-refractivity contribution in [3.63, 3.8) is 0 Å². The van der Waals surface area contributed by atoms with Gasteiger partial charge in [-0.3, -0.25) is 4.79 Å². The SMILES string of the molecule is O=C(/C=C/c1cccc(S(=O)(=O)N(Cc2ccccc2)Cc2ccccc2)c1)CO. The molecule has 0 heterocycles. The Kier molecular flexibility index (Phi) is 7.30. The van der Waals surface area contributed by atoms with Gasteiger partial charge in [0.2, 0.25) is 10.0 Å². The van der Waals surface area contributed by atoms with Gasteiger partial charge in [-0.15, -0.1) is 0 Å². The Morgan fingerprint density at radius 3 is 1.93 bits per heavy atom. The lowest BCUT2D eigenvalue weighted by Crippen LogP contribution is -2.30. The molecule has 0 aliphatic rings. The van der Waals surface area contributed by atoms with E-state index in [9.17, 15) is 13.2 Å². The third kappa shape index (κ3) is 5.73. The summed E-state index contributed by atoms with van der Waals surface area (Å²) < 4.78 is 28.4. The number of sulfonamides is 1. The molecule has 1 N–H and O–H groups in total. The van der Waals surface area contributed by atoms with Crippen LogP contribution >= 0.6 is 0 Å². The molecule has 0 unspecified atom stereocenters. The summed E-state index contributed by atoms with van der Waals surface area (Å²) in [6.07, 6.45) is 2.73. The predicted molar refractivity (Wildman–Crippen MR) is 117 cm³/mol. The van der Waals surface area contributed by atoms with Gasteiger partial charge in [-0.2, -0.15) is 4.31 Å². The van der Waals surface area contributed by atoms with Gasteiger partial charge in [-0.05, 0) is 34.9 Å². The van der Waals surface area contributed by atoms with Crippen LogP contribution in [0.4, 0.5) is 0 Å². The van der Waals surface area contributed by atoms with E-state index in [1.165, 1.54) is 22.5 Å². The van der Waals surface area contributed by atoms with Crippen molar-refractivity contribution in [2.45, 2.75) is 18.0 Å². The van der Waals surface area contributed by atoms with Crippen LogP contribution in [0.15, 0.2) is 95.9 Å². The fourth-order valence-electron chi connectivity index (χ4n) is 2.97. The topological polar surface area (TPSA) is 74.7 Å². The van der Waals surface area contributed by atoms with Crippen LogP contribution in [0.3, 0.4) is 0 Å². The molecule has 0 radical (unpaired) electrons. The van der Waals surface area contributed by atoms with Crippen molar-refractivity contribution < 1.29 is 18.3 Å². The molecule has 0 aromatic heterocycles. The quantitative estimate of drug-likeness (QED) is 0.535. The van der Waals surface area contributed by atoms with Crippen LogP contribution in [0.2, 0.25) is 0 Å². The molecule has 3 rings (SSSR count). The van der Waals surface area contributed by atoms with Crippen molar-refractivity contribution in [3.05, 3.63) is 108 Å². The number of nitrogens with zero attached hydrogens (tertiary/aromatic N) is 1. The largest absolute Gasteiger partial charge is 0.388 e. The van der Waals surface area contributed by atoms with Gasteiger partial charge in [0.25, 0.3) is 0 Å². The summed E-state index contributed by atoms with van der Waals surface area (Å²) >= 11 is 0. The Morgan fingerprint density at radius 1 is 0.833 bits per heavy atom. The van der Waals surface area contributed by atoms with Crippen molar-refractivity contribution in [3.8, 4) is 0 Å². The maximum Gasteiger partial charge on any atom is 0.243 e. The summed E-state index contributed by atoms with van der Waals surface area (Å²) in [5.41, 5.74) is 2.35. The summed E-state index contributed by atoms with van der Waals surface area (Å²) in [6, 6.07) is 25.3. The second-order valence-corrected chi connectivity index (χ2v) is 8.71. The van der Waals surface area contributed by atoms with Crippen LogP contribution < -0.4 is 0 Å². The van der Waals surface area contributed by atoms with E-state index < -0.39 is 22.4 Å². The van der Waals surface area contributed by atoms with Gasteiger partial charge < -0.3 is 5.11 Å². The van der Waals surface area contributed by atoms with Gasteiger partial charge >= 0.3 is 0 Å². The minimum atomic E-state index is -3.80. The summed E-state index contributed by atoms with van der Waals surface area (Å²) in [6.45, 7) is -0.112. The minimum Gasteiger partial charge on any atom is -0.388 e. The number of benzene rings is 3. The second-order valence-electron chi connectivity index (χ2n) is 6.77. The van der Waals surface area contributed by atoms with E-state index in [-0.39, 0.29) is 18.0 Å². The first-order chi connectivity index (χ1) is 14.5. The predicted octanol–water partition coefficient (Wildman–Crippen LogP) is 3.65. The van der Waals surface area contributed by atoms with Crippen LogP contribution in [0.25, 0.3) is 6.08 Å². The second kappa shape index (κ2) is 10.1. The molecule has 0 amide bonds. The zero-order chi connectivity index (χ0) is 21.4. The van der Waals surface area contributed by atoms with E-state index >= 15 is 0 Å². The molecule has 3 aromatic rings. The molecule has 30 heavy (non-hydrogen) atoms.